The molecule has 1 amide bonds. The monoisotopic (exact) mass is 483 g/mol. The summed E-state index contributed by atoms with van der Waals surface area (Å²) in [6, 6.07) is 20.4. The van der Waals surface area contributed by atoms with Crippen molar-refractivity contribution in [3.05, 3.63) is 103 Å². The second-order valence-electron chi connectivity index (χ2n) is 6.56. The van der Waals surface area contributed by atoms with Crippen LogP contribution in [0.1, 0.15) is 0 Å². The van der Waals surface area contributed by atoms with Crippen LogP contribution in [0.25, 0.3) is 16.6 Å². The van der Waals surface area contributed by atoms with E-state index in [9.17, 15) is 14.4 Å². The normalized spacial score (nSPS) is 10.9. The number of fused-ring (bicyclic) bond motifs is 1. The first-order valence-electron chi connectivity index (χ1n) is 9.00. The standard InChI is InChI=1S/C22H15BrClN3O3/c23-14-9-10-19-18(11-14)21(29)27(17-8-4-5-15(24)12-17)22(30)26(19)13-20(28)25-16-6-2-1-3-7-16/h1-12H,13H2,(H,25,28). The lowest BCUT2D eigenvalue weighted by molar-refractivity contribution is -0.116. The minimum atomic E-state index is -0.625. The first-order chi connectivity index (χ1) is 14.4. The lowest BCUT2D eigenvalue weighted by Gasteiger charge is -2.14. The van der Waals surface area contributed by atoms with E-state index in [2.05, 4.69) is 21.2 Å². The lowest BCUT2D eigenvalue weighted by Crippen LogP contribution is -2.40. The maximum Gasteiger partial charge on any atom is 0.336 e. The van der Waals surface area contributed by atoms with Crippen molar-refractivity contribution in [3.8, 4) is 5.69 Å². The van der Waals surface area contributed by atoms with Crippen molar-refractivity contribution in [2.45, 2.75) is 6.54 Å². The van der Waals surface area contributed by atoms with E-state index in [1.165, 1.54) is 10.6 Å². The van der Waals surface area contributed by atoms with Gasteiger partial charge in [0.15, 0.2) is 0 Å². The smallest absolute Gasteiger partial charge is 0.325 e. The van der Waals surface area contributed by atoms with E-state index in [0.717, 1.165) is 4.57 Å². The Labute approximate surface area is 184 Å². The summed E-state index contributed by atoms with van der Waals surface area (Å²) in [7, 11) is 0. The molecule has 4 aromatic rings. The molecule has 1 N–H and O–H groups in total. The second kappa shape index (κ2) is 8.30. The zero-order chi connectivity index (χ0) is 21.3. The van der Waals surface area contributed by atoms with Crippen LogP contribution >= 0.6 is 27.5 Å². The number of para-hydroxylation sites is 1. The molecule has 0 unspecified atom stereocenters. The molecule has 1 heterocycles. The second-order valence-corrected chi connectivity index (χ2v) is 7.92. The summed E-state index contributed by atoms with van der Waals surface area (Å²) in [6.45, 7) is -0.257. The van der Waals surface area contributed by atoms with Gasteiger partial charge in [0.1, 0.15) is 6.54 Å². The molecule has 8 heteroatoms. The van der Waals surface area contributed by atoms with Gasteiger partial charge in [-0.05, 0) is 48.5 Å². The number of rotatable bonds is 4. The van der Waals surface area contributed by atoms with E-state index in [1.807, 2.05) is 6.07 Å². The molecule has 0 saturated heterocycles. The molecule has 1 aromatic heterocycles. The number of amides is 1. The van der Waals surface area contributed by atoms with Gasteiger partial charge in [-0.1, -0.05) is 51.8 Å². The fraction of sp³-hybridized carbons (Fsp3) is 0.0455. The number of carbonyl (C=O) groups excluding carboxylic acids is 1. The maximum atomic E-state index is 13.3. The Hall–Kier alpha value is -3.16. The highest BCUT2D eigenvalue weighted by Crippen LogP contribution is 2.18. The van der Waals surface area contributed by atoms with Gasteiger partial charge in [-0.2, -0.15) is 0 Å². The van der Waals surface area contributed by atoms with Gasteiger partial charge in [-0.3, -0.25) is 14.2 Å². The van der Waals surface area contributed by atoms with Crippen LogP contribution in [0.3, 0.4) is 0 Å². The molecule has 4 rings (SSSR count). The highest BCUT2D eigenvalue weighted by Gasteiger charge is 2.17. The molecule has 6 nitrogen and oxygen atoms in total. The Morgan fingerprint density at radius 3 is 2.47 bits per heavy atom. The first-order valence-corrected chi connectivity index (χ1v) is 10.2. The van der Waals surface area contributed by atoms with Crippen LogP contribution in [-0.2, 0) is 11.3 Å². The van der Waals surface area contributed by atoms with E-state index < -0.39 is 11.2 Å². The summed E-state index contributed by atoms with van der Waals surface area (Å²) in [5.74, 6) is -0.385. The van der Waals surface area contributed by atoms with Crippen molar-refractivity contribution in [3.63, 3.8) is 0 Å². The van der Waals surface area contributed by atoms with Gasteiger partial charge in [0.05, 0.1) is 16.6 Å². The molecule has 150 valence electrons. The third kappa shape index (κ3) is 3.94. The van der Waals surface area contributed by atoms with Gasteiger partial charge in [0.2, 0.25) is 5.91 Å². The van der Waals surface area contributed by atoms with Crippen LogP contribution in [-0.4, -0.2) is 15.0 Å². The number of hydrogen-bond donors (Lipinski definition) is 1. The van der Waals surface area contributed by atoms with Crippen LogP contribution in [0.5, 0.6) is 0 Å². The number of carbonyl (C=O) groups is 1. The van der Waals surface area contributed by atoms with Crippen LogP contribution < -0.4 is 16.6 Å². The van der Waals surface area contributed by atoms with E-state index in [-0.39, 0.29) is 12.5 Å². The average molecular weight is 485 g/mol. The third-order valence-corrected chi connectivity index (χ3v) is 5.26. The minimum absolute atomic E-state index is 0.257. The summed E-state index contributed by atoms with van der Waals surface area (Å²) in [6.07, 6.45) is 0. The lowest BCUT2D eigenvalue weighted by atomic mass is 10.2. The van der Waals surface area contributed by atoms with Gasteiger partial charge >= 0.3 is 5.69 Å². The zero-order valence-electron chi connectivity index (χ0n) is 15.5. The summed E-state index contributed by atoms with van der Waals surface area (Å²) in [4.78, 5) is 39.0. The predicted molar refractivity (Wildman–Crippen MR) is 122 cm³/mol. The number of aromatic nitrogens is 2. The number of anilines is 1. The molecular weight excluding hydrogens is 470 g/mol. The third-order valence-electron chi connectivity index (χ3n) is 4.53. The first kappa shape index (κ1) is 20.1. The predicted octanol–water partition coefficient (Wildman–Crippen LogP) is 4.21. The Morgan fingerprint density at radius 1 is 0.967 bits per heavy atom. The van der Waals surface area contributed by atoms with Gasteiger partial charge < -0.3 is 5.32 Å². The minimum Gasteiger partial charge on any atom is -0.325 e. The number of nitrogens with one attached hydrogen (secondary N) is 1. The molecule has 0 fully saturated rings. The molecule has 0 atom stereocenters. The fourth-order valence-electron chi connectivity index (χ4n) is 3.21. The molecule has 0 spiro atoms. The zero-order valence-corrected chi connectivity index (χ0v) is 17.9. The molecular formula is C22H15BrClN3O3. The van der Waals surface area contributed by atoms with Crippen molar-refractivity contribution in [2.75, 3.05) is 5.32 Å². The van der Waals surface area contributed by atoms with E-state index in [0.29, 0.717) is 31.8 Å². The van der Waals surface area contributed by atoms with Crippen molar-refractivity contribution >= 4 is 50.0 Å². The van der Waals surface area contributed by atoms with Crippen LogP contribution in [0, 0.1) is 0 Å². The van der Waals surface area contributed by atoms with E-state index >= 15 is 0 Å². The van der Waals surface area contributed by atoms with E-state index in [1.54, 1.807) is 60.7 Å². The molecule has 3 aromatic carbocycles. The Kier molecular flexibility index (Phi) is 5.57. The number of hydrogen-bond acceptors (Lipinski definition) is 3. The van der Waals surface area contributed by atoms with Crippen LogP contribution in [0.4, 0.5) is 5.69 Å². The molecule has 0 bridgehead atoms. The highest BCUT2D eigenvalue weighted by molar-refractivity contribution is 9.10. The largest absolute Gasteiger partial charge is 0.336 e. The van der Waals surface area contributed by atoms with E-state index in [4.69, 9.17) is 11.6 Å². The SMILES string of the molecule is O=C(Cn1c(=O)n(-c2cccc(Cl)c2)c(=O)c2cc(Br)ccc21)Nc1ccccc1. The number of halogens is 2. The van der Waals surface area contributed by atoms with Crippen LogP contribution in [0.15, 0.2) is 86.9 Å². The summed E-state index contributed by atoms with van der Waals surface area (Å²) in [5, 5.41) is 3.45. The van der Waals surface area contributed by atoms with Crippen molar-refractivity contribution in [1.29, 1.82) is 0 Å². The maximum absolute atomic E-state index is 13.3. The molecule has 0 aliphatic carbocycles. The van der Waals surface area contributed by atoms with Gasteiger partial charge in [0.25, 0.3) is 5.56 Å². The molecule has 30 heavy (non-hydrogen) atoms. The van der Waals surface area contributed by atoms with Gasteiger partial charge in [0, 0.05) is 15.2 Å². The van der Waals surface area contributed by atoms with Crippen molar-refractivity contribution < 1.29 is 4.79 Å². The molecule has 0 aliphatic rings. The Morgan fingerprint density at radius 2 is 1.73 bits per heavy atom. The molecule has 0 aliphatic heterocycles. The summed E-state index contributed by atoms with van der Waals surface area (Å²) >= 11 is 9.42. The van der Waals surface area contributed by atoms with Crippen LogP contribution in [0.2, 0.25) is 5.02 Å². The topological polar surface area (TPSA) is 73.1 Å². The summed E-state index contributed by atoms with van der Waals surface area (Å²) < 4.78 is 2.99. The fourth-order valence-corrected chi connectivity index (χ4v) is 3.75. The quantitative estimate of drug-likeness (QED) is 0.472. The summed E-state index contributed by atoms with van der Waals surface area (Å²) in [5.41, 5.74) is 0.204. The average Bonchev–Trinajstić information content (AvgIpc) is 2.72. The molecule has 0 saturated carbocycles. The van der Waals surface area contributed by atoms with Gasteiger partial charge in [-0.25, -0.2) is 9.36 Å². The highest BCUT2D eigenvalue weighted by atomic mass is 79.9. The Balaban J connectivity index is 1.89. The number of nitrogens with zero attached hydrogens (tertiary/aromatic N) is 2. The van der Waals surface area contributed by atoms with Crippen molar-refractivity contribution in [1.82, 2.24) is 9.13 Å². The van der Waals surface area contributed by atoms with Crippen molar-refractivity contribution in [2.24, 2.45) is 0 Å². The Bertz CT molecular complexity index is 1380. The van der Waals surface area contributed by atoms with Gasteiger partial charge in [-0.15, -0.1) is 0 Å². The number of benzene rings is 3. The molecule has 0 radical (unpaired) electrons.